The molecule has 74 valence electrons. The molecule has 0 atom stereocenters. The van der Waals surface area contributed by atoms with Crippen molar-refractivity contribution in [1.29, 1.82) is 0 Å². The monoisotopic (exact) mass is 208 g/mol. The molecule has 13 heavy (non-hydrogen) atoms. The zero-order valence-electron chi connectivity index (χ0n) is 7.09. The minimum absolute atomic E-state index is 0.0484. The van der Waals surface area contributed by atoms with E-state index in [4.69, 9.17) is 10.5 Å². The summed E-state index contributed by atoms with van der Waals surface area (Å²) in [6.45, 7) is -0.0484. The summed E-state index contributed by atoms with van der Waals surface area (Å²) in [4.78, 5) is 3.56. The van der Waals surface area contributed by atoms with E-state index in [9.17, 15) is 8.78 Å². The van der Waals surface area contributed by atoms with Gasteiger partial charge in [0.25, 0.3) is 11.1 Å². The Kier molecular flexibility index (Phi) is 3.16. The molecule has 6 heteroatoms. The number of hydrogen-bond donors (Lipinski definition) is 1. The number of thiazole rings is 1. The third kappa shape index (κ3) is 2.35. The third-order valence-corrected chi connectivity index (χ3v) is 2.55. The van der Waals surface area contributed by atoms with Gasteiger partial charge in [0.15, 0.2) is 0 Å². The topological polar surface area (TPSA) is 48.1 Å². The maximum absolute atomic E-state index is 13.1. The predicted molar refractivity (Wildman–Crippen MR) is 46.2 cm³/mol. The van der Waals surface area contributed by atoms with Gasteiger partial charge in [-0.3, -0.25) is 0 Å². The van der Waals surface area contributed by atoms with Crippen LogP contribution in [0.4, 0.5) is 8.78 Å². The van der Waals surface area contributed by atoms with E-state index in [0.29, 0.717) is 0 Å². The summed E-state index contributed by atoms with van der Waals surface area (Å²) in [7, 11) is 1.39. The zero-order valence-corrected chi connectivity index (χ0v) is 7.91. The highest BCUT2D eigenvalue weighted by Gasteiger charge is 2.33. The molecule has 0 saturated carbocycles. The number of methoxy groups -OCH3 is 1. The van der Waals surface area contributed by atoms with E-state index in [-0.39, 0.29) is 23.0 Å². The molecular weight excluding hydrogens is 198 g/mol. The summed E-state index contributed by atoms with van der Waals surface area (Å²) in [6, 6.07) is 0. The second-order valence-electron chi connectivity index (χ2n) is 2.44. The van der Waals surface area contributed by atoms with Crippen molar-refractivity contribution >= 4 is 11.3 Å². The Labute approximate surface area is 78.5 Å². The van der Waals surface area contributed by atoms with Crippen molar-refractivity contribution in [3.63, 3.8) is 0 Å². The lowest BCUT2D eigenvalue weighted by molar-refractivity contribution is -0.00702. The van der Waals surface area contributed by atoms with Crippen LogP contribution in [0.1, 0.15) is 11.3 Å². The van der Waals surface area contributed by atoms with E-state index in [1.54, 1.807) is 0 Å². The minimum Gasteiger partial charge on any atom is -0.473 e. The molecule has 1 heterocycles. The Morgan fingerprint density at radius 2 is 2.38 bits per heavy atom. The molecule has 0 saturated heterocycles. The average Bonchev–Trinajstić information content (AvgIpc) is 2.52. The fourth-order valence-electron chi connectivity index (χ4n) is 0.826. The van der Waals surface area contributed by atoms with Crippen molar-refractivity contribution in [1.82, 2.24) is 4.98 Å². The van der Waals surface area contributed by atoms with E-state index >= 15 is 0 Å². The number of aromatic nitrogens is 1. The quantitative estimate of drug-likeness (QED) is 0.817. The van der Waals surface area contributed by atoms with Gasteiger partial charge in [-0.15, -0.1) is 0 Å². The first kappa shape index (κ1) is 10.3. The molecule has 0 bridgehead atoms. The van der Waals surface area contributed by atoms with Crippen LogP contribution in [0.5, 0.6) is 5.19 Å². The summed E-state index contributed by atoms with van der Waals surface area (Å²) in [5.41, 5.74) is 5.06. The molecule has 1 aromatic heterocycles. The average molecular weight is 208 g/mol. The summed E-state index contributed by atoms with van der Waals surface area (Å²) >= 11 is 0.841. The highest BCUT2D eigenvalue weighted by atomic mass is 32.1. The second kappa shape index (κ2) is 3.97. The smallest absolute Gasteiger partial charge is 0.285 e. The molecule has 0 amide bonds. The van der Waals surface area contributed by atoms with Crippen LogP contribution < -0.4 is 10.5 Å². The van der Waals surface area contributed by atoms with Gasteiger partial charge in [-0.05, 0) is 6.54 Å². The molecule has 0 aliphatic carbocycles. The van der Waals surface area contributed by atoms with Crippen LogP contribution in [-0.2, 0) is 5.92 Å². The number of nitrogens with two attached hydrogens (primary N) is 1. The maximum Gasteiger partial charge on any atom is 0.285 e. The Hall–Kier alpha value is -0.750. The Morgan fingerprint density at radius 3 is 2.85 bits per heavy atom. The fourth-order valence-corrected chi connectivity index (χ4v) is 1.56. The molecule has 0 unspecified atom stereocenters. The van der Waals surface area contributed by atoms with E-state index in [1.807, 2.05) is 0 Å². The lowest BCUT2D eigenvalue weighted by Crippen LogP contribution is -2.17. The minimum atomic E-state index is -2.89. The first-order valence-corrected chi connectivity index (χ1v) is 4.50. The van der Waals surface area contributed by atoms with Gasteiger partial charge in [0.1, 0.15) is 0 Å². The first-order valence-electron chi connectivity index (χ1n) is 3.68. The number of ether oxygens (including phenoxy) is 1. The van der Waals surface area contributed by atoms with E-state index in [2.05, 4.69) is 4.98 Å². The SMILES string of the molecule is COc1ncc(C(F)(F)CCN)s1. The molecule has 1 aromatic rings. The number of alkyl halides is 2. The van der Waals surface area contributed by atoms with Gasteiger partial charge in [-0.2, -0.15) is 0 Å². The van der Waals surface area contributed by atoms with Gasteiger partial charge in [-0.1, -0.05) is 11.3 Å². The highest BCUT2D eigenvalue weighted by Crippen LogP contribution is 2.36. The van der Waals surface area contributed by atoms with Crippen LogP contribution >= 0.6 is 11.3 Å². The lowest BCUT2D eigenvalue weighted by atomic mass is 10.2. The Balaban J connectivity index is 2.80. The highest BCUT2D eigenvalue weighted by molar-refractivity contribution is 7.13. The van der Waals surface area contributed by atoms with Crippen LogP contribution in [0, 0.1) is 0 Å². The van der Waals surface area contributed by atoms with Crippen LogP contribution in [0.3, 0.4) is 0 Å². The van der Waals surface area contributed by atoms with Gasteiger partial charge in [0.2, 0.25) is 0 Å². The Bertz CT molecular complexity index is 277. The van der Waals surface area contributed by atoms with Crippen molar-refractivity contribution < 1.29 is 13.5 Å². The van der Waals surface area contributed by atoms with E-state index < -0.39 is 5.92 Å². The Morgan fingerprint density at radius 1 is 1.69 bits per heavy atom. The molecule has 2 N–H and O–H groups in total. The summed E-state index contributed by atoms with van der Waals surface area (Å²) < 4.78 is 31.0. The van der Waals surface area contributed by atoms with Gasteiger partial charge in [0, 0.05) is 6.42 Å². The van der Waals surface area contributed by atoms with Gasteiger partial charge in [-0.25, -0.2) is 13.8 Å². The van der Waals surface area contributed by atoms with Crippen molar-refractivity contribution in [2.24, 2.45) is 5.73 Å². The van der Waals surface area contributed by atoms with Crippen molar-refractivity contribution in [2.45, 2.75) is 12.3 Å². The molecule has 0 radical (unpaired) electrons. The molecule has 0 aromatic carbocycles. The summed E-state index contributed by atoms with van der Waals surface area (Å²) in [5.74, 6) is -2.89. The van der Waals surface area contributed by atoms with Crippen LogP contribution in [-0.4, -0.2) is 18.6 Å². The second-order valence-corrected chi connectivity index (χ2v) is 3.43. The van der Waals surface area contributed by atoms with Gasteiger partial charge in [0.05, 0.1) is 18.2 Å². The fraction of sp³-hybridized carbons (Fsp3) is 0.571. The maximum atomic E-state index is 13.1. The summed E-state index contributed by atoms with van der Waals surface area (Å²) in [5, 5.41) is 0.242. The standard InChI is InChI=1S/C7H10F2N2OS/c1-12-6-11-4-5(13-6)7(8,9)2-3-10/h4H,2-3,10H2,1H3. The third-order valence-electron chi connectivity index (χ3n) is 1.48. The predicted octanol–water partition coefficient (Wildman–Crippen LogP) is 1.59. The number of halogens is 2. The molecule has 0 spiro atoms. The normalized spacial score (nSPS) is 11.7. The largest absolute Gasteiger partial charge is 0.473 e. The van der Waals surface area contributed by atoms with E-state index in [1.165, 1.54) is 7.11 Å². The number of rotatable bonds is 4. The van der Waals surface area contributed by atoms with Crippen molar-refractivity contribution in [3.05, 3.63) is 11.1 Å². The molecule has 3 nitrogen and oxygen atoms in total. The molecule has 1 rings (SSSR count). The number of nitrogens with zero attached hydrogens (tertiary/aromatic N) is 1. The molecular formula is C7H10F2N2OS. The van der Waals surface area contributed by atoms with Crippen LogP contribution in [0.2, 0.25) is 0 Å². The van der Waals surface area contributed by atoms with Crippen molar-refractivity contribution in [3.8, 4) is 5.19 Å². The van der Waals surface area contributed by atoms with Crippen molar-refractivity contribution in [2.75, 3.05) is 13.7 Å². The molecule has 0 aliphatic rings. The lowest BCUT2D eigenvalue weighted by Gasteiger charge is -2.11. The number of hydrogen-bond acceptors (Lipinski definition) is 4. The first-order chi connectivity index (χ1) is 6.10. The van der Waals surface area contributed by atoms with Crippen LogP contribution in [0.25, 0.3) is 0 Å². The van der Waals surface area contributed by atoms with Gasteiger partial charge < -0.3 is 10.5 Å². The molecule has 0 fully saturated rings. The van der Waals surface area contributed by atoms with E-state index in [0.717, 1.165) is 17.5 Å². The molecule has 0 aliphatic heterocycles. The summed E-state index contributed by atoms with van der Waals surface area (Å²) in [6.07, 6.45) is 0.761. The van der Waals surface area contributed by atoms with Crippen LogP contribution in [0.15, 0.2) is 6.20 Å². The van der Waals surface area contributed by atoms with Gasteiger partial charge >= 0.3 is 0 Å². The zero-order chi connectivity index (χ0) is 9.90.